The minimum Gasteiger partial charge on any atom is -0.411 e. The molecular weight excluding hydrogens is 517 g/mol. The first-order valence-electron chi connectivity index (χ1n) is 15.6. The van der Waals surface area contributed by atoms with E-state index in [2.05, 4.69) is 92.4 Å². The van der Waals surface area contributed by atoms with Crippen molar-refractivity contribution in [1.82, 2.24) is 0 Å². The lowest BCUT2D eigenvalue weighted by molar-refractivity contribution is -0.128. The predicted molar refractivity (Wildman–Crippen MR) is 171 cm³/mol. The van der Waals surface area contributed by atoms with Crippen molar-refractivity contribution in [3.05, 3.63) is 48.6 Å². The Hall–Kier alpha value is -0.766. The maximum atomic E-state index is 7.27. The van der Waals surface area contributed by atoms with Crippen LogP contribution in [0.4, 0.5) is 0 Å². The monoisotopic (exact) mass is 576 g/mol. The normalized spacial score (nSPS) is 24.9. The first-order chi connectivity index (χ1) is 18.3. The SMILES string of the molecule is C=CCC[C@@H]1O[C@H](CCCOCc2ccccc2)[C@@](C)(O[Si](C)(C)C(C)(C)C)CC[C@H]1O[Si](CC)(CC)CC. The number of hydrogen-bond acceptors (Lipinski definition) is 4. The Morgan fingerprint density at radius 3 is 2.26 bits per heavy atom. The number of ether oxygens (including phenoxy) is 2. The molecular formula is C33H60O4Si2. The Kier molecular flexibility index (Phi) is 13.6. The van der Waals surface area contributed by atoms with Gasteiger partial charge in [-0.15, -0.1) is 6.58 Å². The van der Waals surface area contributed by atoms with Gasteiger partial charge in [0, 0.05) is 6.61 Å². The van der Waals surface area contributed by atoms with Crippen LogP contribution in [0.5, 0.6) is 0 Å². The zero-order valence-corrected chi connectivity index (χ0v) is 28.8. The van der Waals surface area contributed by atoms with Crippen LogP contribution in [0, 0.1) is 0 Å². The molecule has 0 amide bonds. The molecule has 1 aromatic rings. The molecule has 0 N–H and O–H groups in total. The van der Waals surface area contributed by atoms with Gasteiger partial charge in [-0.05, 0) is 87.3 Å². The Bertz CT molecular complexity index is 826. The summed E-state index contributed by atoms with van der Waals surface area (Å²) in [6.45, 7) is 26.4. The van der Waals surface area contributed by atoms with E-state index in [9.17, 15) is 0 Å². The molecule has 4 nitrogen and oxygen atoms in total. The second-order valence-electron chi connectivity index (χ2n) is 13.3. The van der Waals surface area contributed by atoms with Gasteiger partial charge in [-0.1, -0.05) is 78.0 Å². The molecule has 0 aliphatic carbocycles. The molecule has 39 heavy (non-hydrogen) atoms. The van der Waals surface area contributed by atoms with Crippen LogP contribution in [0.25, 0.3) is 0 Å². The summed E-state index contributed by atoms with van der Waals surface area (Å²) in [6.07, 6.45) is 7.94. The molecule has 6 heteroatoms. The van der Waals surface area contributed by atoms with Crippen molar-refractivity contribution < 1.29 is 18.3 Å². The van der Waals surface area contributed by atoms with Gasteiger partial charge in [0.05, 0.1) is 30.5 Å². The van der Waals surface area contributed by atoms with Crippen molar-refractivity contribution in [1.29, 1.82) is 0 Å². The largest absolute Gasteiger partial charge is 0.411 e. The molecule has 0 unspecified atom stereocenters. The van der Waals surface area contributed by atoms with E-state index < -0.39 is 16.6 Å². The Morgan fingerprint density at radius 1 is 1.05 bits per heavy atom. The molecule has 2 rings (SSSR count). The van der Waals surface area contributed by atoms with Gasteiger partial charge in [0.1, 0.15) is 0 Å². The molecule has 0 saturated carbocycles. The van der Waals surface area contributed by atoms with Gasteiger partial charge < -0.3 is 18.3 Å². The molecule has 0 radical (unpaired) electrons. The Morgan fingerprint density at radius 2 is 1.69 bits per heavy atom. The zero-order chi connectivity index (χ0) is 29.2. The highest BCUT2D eigenvalue weighted by Gasteiger charge is 2.49. The average Bonchev–Trinajstić information content (AvgIpc) is 3.01. The van der Waals surface area contributed by atoms with Gasteiger partial charge in [0.2, 0.25) is 0 Å². The van der Waals surface area contributed by atoms with Crippen molar-refractivity contribution in [2.24, 2.45) is 0 Å². The van der Waals surface area contributed by atoms with Crippen LogP contribution in [0.15, 0.2) is 43.0 Å². The van der Waals surface area contributed by atoms with Crippen molar-refractivity contribution in [2.75, 3.05) is 6.61 Å². The van der Waals surface area contributed by atoms with Gasteiger partial charge in [0.15, 0.2) is 16.6 Å². The standard InChI is InChI=1S/C33H60O4Si2/c1-11-15-22-29-30(36-39(12-2,13-3)14-4)24-25-33(8,37-38(9,10)32(5,6)7)31(35-29)23-19-26-34-27-28-20-17-16-18-21-28/h11,16-18,20-21,29-31H,1,12-15,19,22-27H2,2-10H3/t29-,30+,31+,33-/m0/s1. The first-order valence-corrected chi connectivity index (χ1v) is 21.0. The smallest absolute Gasteiger partial charge is 0.192 e. The lowest BCUT2D eigenvalue weighted by Crippen LogP contribution is -2.54. The van der Waals surface area contributed by atoms with Crippen LogP contribution in [0.3, 0.4) is 0 Å². The topological polar surface area (TPSA) is 36.9 Å². The number of rotatable bonds is 16. The third-order valence-electron chi connectivity index (χ3n) is 9.51. The molecule has 0 aromatic heterocycles. The molecule has 4 atom stereocenters. The van der Waals surface area contributed by atoms with E-state index in [1.54, 1.807) is 0 Å². The summed E-state index contributed by atoms with van der Waals surface area (Å²) in [6, 6.07) is 13.9. The van der Waals surface area contributed by atoms with Crippen LogP contribution in [-0.4, -0.2) is 47.2 Å². The van der Waals surface area contributed by atoms with E-state index in [4.69, 9.17) is 18.3 Å². The quantitative estimate of drug-likeness (QED) is 0.111. The molecule has 224 valence electrons. The Balaban J connectivity index is 2.27. The predicted octanol–water partition coefficient (Wildman–Crippen LogP) is 9.67. The van der Waals surface area contributed by atoms with E-state index in [-0.39, 0.29) is 29.0 Å². The van der Waals surface area contributed by atoms with E-state index >= 15 is 0 Å². The van der Waals surface area contributed by atoms with Crippen molar-refractivity contribution >= 4 is 16.6 Å². The highest BCUT2D eigenvalue weighted by atomic mass is 28.4. The number of hydrogen-bond donors (Lipinski definition) is 0. The van der Waals surface area contributed by atoms with E-state index in [0.29, 0.717) is 6.61 Å². The van der Waals surface area contributed by atoms with E-state index in [1.807, 2.05) is 12.1 Å². The van der Waals surface area contributed by atoms with Gasteiger partial charge >= 0.3 is 0 Å². The summed E-state index contributed by atoms with van der Waals surface area (Å²) < 4.78 is 27.6. The zero-order valence-electron chi connectivity index (χ0n) is 26.8. The maximum Gasteiger partial charge on any atom is 0.192 e. The minimum atomic E-state index is -2.02. The Labute approximate surface area is 243 Å². The van der Waals surface area contributed by atoms with Gasteiger partial charge in [0.25, 0.3) is 0 Å². The van der Waals surface area contributed by atoms with Crippen LogP contribution in [0.2, 0.25) is 36.3 Å². The van der Waals surface area contributed by atoms with E-state index in [1.165, 1.54) is 5.56 Å². The lowest BCUT2D eigenvalue weighted by Gasteiger charge is -2.47. The molecule has 1 saturated heterocycles. The summed E-state index contributed by atoms with van der Waals surface area (Å²) in [4.78, 5) is 0. The van der Waals surface area contributed by atoms with Gasteiger partial charge in [-0.2, -0.15) is 0 Å². The van der Waals surface area contributed by atoms with E-state index in [0.717, 1.165) is 63.3 Å². The third kappa shape index (κ3) is 9.93. The minimum absolute atomic E-state index is 0.0105. The highest BCUT2D eigenvalue weighted by molar-refractivity contribution is 6.74. The van der Waals surface area contributed by atoms with Crippen LogP contribution in [0.1, 0.15) is 92.6 Å². The second kappa shape index (κ2) is 15.5. The van der Waals surface area contributed by atoms with Gasteiger partial charge in [-0.25, -0.2) is 0 Å². The first kappa shape index (κ1) is 34.4. The fourth-order valence-corrected chi connectivity index (χ4v) is 10.2. The molecule has 1 aliphatic rings. The maximum absolute atomic E-state index is 7.27. The van der Waals surface area contributed by atoms with Crippen molar-refractivity contribution in [3.63, 3.8) is 0 Å². The average molecular weight is 577 g/mol. The molecule has 0 spiro atoms. The van der Waals surface area contributed by atoms with Crippen molar-refractivity contribution in [3.8, 4) is 0 Å². The summed E-state index contributed by atoms with van der Waals surface area (Å²) in [5.41, 5.74) is 0.871. The summed E-state index contributed by atoms with van der Waals surface area (Å²) >= 11 is 0. The highest BCUT2D eigenvalue weighted by Crippen LogP contribution is 2.44. The molecule has 1 aliphatic heterocycles. The summed E-state index contributed by atoms with van der Waals surface area (Å²) in [7, 11) is -3.80. The lowest BCUT2D eigenvalue weighted by atomic mass is 9.90. The van der Waals surface area contributed by atoms with Crippen LogP contribution >= 0.6 is 0 Å². The van der Waals surface area contributed by atoms with Gasteiger partial charge in [-0.3, -0.25) is 0 Å². The molecule has 1 aromatic carbocycles. The number of allylic oxidation sites excluding steroid dienone is 1. The number of benzene rings is 1. The molecule has 0 bridgehead atoms. The molecule has 1 heterocycles. The second-order valence-corrected chi connectivity index (χ2v) is 22.8. The summed E-state index contributed by atoms with van der Waals surface area (Å²) in [5.74, 6) is 0. The summed E-state index contributed by atoms with van der Waals surface area (Å²) in [5, 5.41) is 0.137. The third-order valence-corrected chi connectivity index (χ3v) is 18.8. The fraction of sp³-hybridized carbons (Fsp3) is 0.758. The van der Waals surface area contributed by atoms with Crippen LogP contribution < -0.4 is 0 Å². The fourth-order valence-electron chi connectivity index (χ4n) is 5.57. The van der Waals surface area contributed by atoms with Crippen LogP contribution in [-0.2, 0) is 24.9 Å². The van der Waals surface area contributed by atoms with Crippen molar-refractivity contribution in [2.45, 2.75) is 154 Å². The molecule has 1 fully saturated rings.